The Balaban J connectivity index is 1.85. The number of halogens is 3. The molecule has 0 unspecified atom stereocenters. The molecular weight excluding hydrogens is 407 g/mol. The molecule has 2 aliphatic heterocycles. The summed E-state index contributed by atoms with van der Waals surface area (Å²) in [5, 5.41) is 0.881. The quantitative estimate of drug-likeness (QED) is 0.485. The zero-order chi connectivity index (χ0) is 19.1. The van der Waals surface area contributed by atoms with Crippen LogP contribution < -0.4 is 5.73 Å². The maximum atomic E-state index is 6.28. The first-order valence-electron chi connectivity index (χ1n) is 7.98. The average molecular weight is 420 g/mol. The van der Waals surface area contributed by atoms with E-state index < -0.39 is 0 Å². The van der Waals surface area contributed by atoms with Gasteiger partial charge in [-0.05, 0) is 12.5 Å². The number of aromatic nitrogens is 5. The number of aryl methyl sites for hydroxylation is 1. The Morgan fingerprint density at radius 3 is 2.63 bits per heavy atom. The first kappa shape index (κ1) is 18.0. The Morgan fingerprint density at radius 1 is 1.07 bits per heavy atom. The van der Waals surface area contributed by atoms with Gasteiger partial charge in [0.2, 0.25) is 0 Å². The van der Waals surface area contributed by atoms with Crippen LogP contribution in [0.5, 0.6) is 0 Å². The van der Waals surface area contributed by atoms with Crippen LogP contribution in [0.15, 0.2) is 36.8 Å². The summed E-state index contributed by atoms with van der Waals surface area (Å²) in [7, 11) is 0. The van der Waals surface area contributed by atoms with Gasteiger partial charge in [-0.1, -0.05) is 59.1 Å². The molecule has 4 rings (SSSR count). The minimum Gasteiger partial charge on any atom is -0.382 e. The third-order valence-corrected chi connectivity index (χ3v) is 5.35. The first-order valence-corrected chi connectivity index (χ1v) is 9.12. The molecule has 1 aromatic heterocycles. The highest BCUT2D eigenvalue weighted by atomic mass is 35.5. The monoisotopic (exact) mass is 418 g/mol. The highest BCUT2D eigenvalue weighted by Crippen LogP contribution is 2.33. The molecule has 2 aliphatic rings. The number of anilines is 1. The second-order valence-corrected chi connectivity index (χ2v) is 7.12. The summed E-state index contributed by atoms with van der Waals surface area (Å²) in [5.41, 5.74) is 9.16. The van der Waals surface area contributed by atoms with Crippen molar-refractivity contribution in [2.45, 2.75) is 13.5 Å². The molecule has 0 aliphatic carbocycles. The van der Waals surface area contributed by atoms with Crippen LogP contribution in [-0.4, -0.2) is 24.5 Å². The summed E-state index contributed by atoms with van der Waals surface area (Å²) in [6.07, 6.45) is 3.04. The number of hydrogen-bond donors (Lipinski definition) is 1. The molecule has 0 fully saturated rings. The van der Waals surface area contributed by atoms with Gasteiger partial charge >= 0.3 is 0 Å². The molecule has 2 aromatic rings. The summed E-state index contributed by atoms with van der Waals surface area (Å²) >= 11 is 18.6. The predicted molar refractivity (Wildman–Crippen MR) is 107 cm³/mol. The lowest BCUT2D eigenvalue weighted by Gasteiger charge is -2.13. The van der Waals surface area contributed by atoms with Crippen molar-refractivity contribution in [3.63, 3.8) is 0 Å². The zero-order valence-corrected chi connectivity index (χ0v) is 16.4. The Hall–Kier alpha value is -2.41. The van der Waals surface area contributed by atoms with Gasteiger partial charge in [-0.25, -0.2) is 19.9 Å². The smallest absolute Gasteiger partial charge is 0.166 e. The largest absolute Gasteiger partial charge is 0.382 e. The lowest BCUT2D eigenvalue weighted by molar-refractivity contribution is 0.762. The van der Waals surface area contributed by atoms with Crippen LogP contribution in [0, 0.1) is 6.92 Å². The summed E-state index contributed by atoms with van der Waals surface area (Å²) < 4.78 is 1.78. The lowest BCUT2D eigenvalue weighted by Crippen LogP contribution is -2.10. The van der Waals surface area contributed by atoms with Gasteiger partial charge in [-0.3, -0.25) is 0 Å². The highest BCUT2D eigenvalue weighted by Gasteiger charge is 2.22. The molecule has 3 heterocycles. The SMILES string of the molecule is Cc1ccccc1-c1nc2c(N)ncn(Cc3c(Cl)cnc(Cl)c3Cl)c-2n1. The summed E-state index contributed by atoms with van der Waals surface area (Å²) in [6.45, 7) is 2.31. The van der Waals surface area contributed by atoms with E-state index in [1.807, 2.05) is 31.2 Å². The number of nitrogens with zero attached hydrogens (tertiary/aromatic N) is 5. The van der Waals surface area contributed by atoms with Crippen LogP contribution in [0.25, 0.3) is 22.9 Å². The number of benzene rings is 1. The van der Waals surface area contributed by atoms with Crippen molar-refractivity contribution >= 4 is 40.6 Å². The molecule has 2 N–H and O–H groups in total. The van der Waals surface area contributed by atoms with E-state index in [1.54, 1.807) is 10.9 Å². The number of fused-ring (bicyclic) bond motifs is 1. The maximum Gasteiger partial charge on any atom is 0.166 e. The van der Waals surface area contributed by atoms with E-state index in [9.17, 15) is 0 Å². The van der Waals surface area contributed by atoms with Crippen LogP contribution in [0.2, 0.25) is 15.2 Å². The van der Waals surface area contributed by atoms with Gasteiger partial charge in [0.05, 0.1) is 22.9 Å². The van der Waals surface area contributed by atoms with Crippen LogP contribution in [0.1, 0.15) is 11.1 Å². The molecule has 1 aromatic carbocycles. The van der Waals surface area contributed by atoms with Crippen LogP contribution in [0.3, 0.4) is 0 Å². The van der Waals surface area contributed by atoms with E-state index in [4.69, 9.17) is 40.5 Å². The molecule has 0 spiro atoms. The Kier molecular flexibility index (Phi) is 4.63. The van der Waals surface area contributed by atoms with Gasteiger partial charge < -0.3 is 10.3 Å². The number of nitrogens with two attached hydrogens (primary N) is 1. The third-order valence-electron chi connectivity index (χ3n) is 4.23. The first-order chi connectivity index (χ1) is 13.0. The van der Waals surface area contributed by atoms with Crippen LogP contribution in [0.4, 0.5) is 5.82 Å². The van der Waals surface area contributed by atoms with E-state index >= 15 is 0 Å². The van der Waals surface area contributed by atoms with Crippen molar-refractivity contribution in [3.8, 4) is 22.9 Å². The molecule has 6 nitrogen and oxygen atoms in total. The molecule has 0 saturated heterocycles. The fourth-order valence-electron chi connectivity index (χ4n) is 2.81. The number of nitrogen functional groups attached to an aromatic ring is 1. The molecule has 0 amide bonds. The van der Waals surface area contributed by atoms with Crippen molar-refractivity contribution < 1.29 is 0 Å². The van der Waals surface area contributed by atoms with Crippen molar-refractivity contribution in [3.05, 3.63) is 63.1 Å². The minimum absolute atomic E-state index is 0.186. The normalized spacial score (nSPS) is 11.3. The Labute approximate surface area is 170 Å². The van der Waals surface area contributed by atoms with Gasteiger partial charge in [-0.15, -0.1) is 0 Å². The van der Waals surface area contributed by atoms with Crippen LogP contribution >= 0.6 is 34.8 Å². The second kappa shape index (κ2) is 6.96. The van der Waals surface area contributed by atoms with E-state index in [1.165, 1.54) is 6.20 Å². The Morgan fingerprint density at radius 2 is 1.85 bits per heavy atom. The summed E-state index contributed by atoms with van der Waals surface area (Å²) in [5.74, 6) is 1.47. The number of pyridine rings is 1. The summed E-state index contributed by atoms with van der Waals surface area (Å²) in [4.78, 5) is 17.4. The van der Waals surface area contributed by atoms with Gasteiger partial charge in [0, 0.05) is 17.3 Å². The summed E-state index contributed by atoms with van der Waals surface area (Å²) in [6, 6.07) is 7.88. The maximum absolute atomic E-state index is 6.28. The third kappa shape index (κ3) is 3.20. The molecule has 0 bridgehead atoms. The number of hydrogen-bond acceptors (Lipinski definition) is 5. The number of imidazole rings is 1. The van der Waals surface area contributed by atoms with Gasteiger partial charge in [0.25, 0.3) is 0 Å². The van der Waals surface area contributed by atoms with Crippen LogP contribution in [-0.2, 0) is 6.54 Å². The Bertz CT molecular complexity index is 1120. The van der Waals surface area contributed by atoms with Crippen molar-refractivity contribution in [1.82, 2.24) is 24.5 Å². The topological polar surface area (TPSA) is 82.5 Å². The fraction of sp³-hybridized carbons (Fsp3) is 0.111. The molecule has 0 atom stereocenters. The highest BCUT2D eigenvalue weighted by molar-refractivity contribution is 6.43. The standard InChI is InChI=1S/C18H13Cl3N6/c1-9-4-2-3-5-10(9)17-25-14-16(22)24-8-27(18(14)26-17)7-11-12(19)6-23-15(21)13(11)20/h2-6,8H,7,22H2,1H3. The van der Waals surface area contributed by atoms with Gasteiger partial charge in [0.1, 0.15) is 5.15 Å². The molecule has 136 valence electrons. The van der Waals surface area contributed by atoms with E-state index in [0.717, 1.165) is 11.1 Å². The van der Waals surface area contributed by atoms with Crippen molar-refractivity contribution in [2.24, 2.45) is 0 Å². The van der Waals surface area contributed by atoms with E-state index in [2.05, 4.69) is 19.9 Å². The molecular formula is C18H13Cl3N6. The number of rotatable bonds is 3. The molecule has 0 radical (unpaired) electrons. The van der Waals surface area contributed by atoms with Crippen molar-refractivity contribution in [2.75, 3.05) is 5.73 Å². The van der Waals surface area contributed by atoms with Gasteiger partial charge in [0.15, 0.2) is 23.2 Å². The predicted octanol–water partition coefficient (Wildman–Crippen LogP) is 4.74. The van der Waals surface area contributed by atoms with E-state index in [0.29, 0.717) is 45.3 Å². The zero-order valence-electron chi connectivity index (χ0n) is 14.1. The fourth-order valence-corrected chi connectivity index (χ4v) is 3.43. The lowest BCUT2D eigenvalue weighted by atomic mass is 10.1. The van der Waals surface area contributed by atoms with Crippen molar-refractivity contribution in [1.29, 1.82) is 0 Å². The molecule has 27 heavy (non-hydrogen) atoms. The second-order valence-electron chi connectivity index (χ2n) is 5.98. The molecule has 9 heteroatoms. The van der Waals surface area contributed by atoms with Gasteiger partial charge in [-0.2, -0.15) is 0 Å². The average Bonchev–Trinajstić information content (AvgIpc) is 3.10. The minimum atomic E-state index is 0.186. The molecule has 0 saturated carbocycles. The van der Waals surface area contributed by atoms with E-state index in [-0.39, 0.29) is 5.15 Å².